The Morgan fingerprint density at radius 1 is 0.861 bits per heavy atom. The summed E-state index contributed by atoms with van der Waals surface area (Å²) in [6.45, 7) is 3.28. The molecule has 0 aromatic heterocycles. The number of hydrogen-bond donors (Lipinski definition) is 2. The maximum atomic E-state index is 13.1. The number of likely N-dealkylation sites (tertiary alicyclic amines) is 1. The zero-order valence-electron chi connectivity index (χ0n) is 20.0. The first kappa shape index (κ1) is 25.7. The number of aryl methyl sites for hydroxylation is 1. The molecular formula is C27H28ClN3O4S. The van der Waals surface area contributed by atoms with E-state index in [1.165, 1.54) is 30.3 Å². The quantitative estimate of drug-likeness (QED) is 0.430. The van der Waals surface area contributed by atoms with Crippen LogP contribution < -0.4 is 10.0 Å². The van der Waals surface area contributed by atoms with Gasteiger partial charge in [0.15, 0.2) is 0 Å². The van der Waals surface area contributed by atoms with E-state index in [1.54, 1.807) is 36.4 Å². The zero-order valence-corrected chi connectivity index (χ0v) is 21.5. The molecule has 4 rings (SSSR count). The number of anilines is 2. The predicted octanol–water partition coefficient (Wildman–Crippen LogP) is 5.72. The van der Waals surface area contributed by atoms with Gasteiger partial charge in [-0.05, 0) is 62.2 Å². The maximum Gasteiger partial charge on any atom is 0.261 e. The minimum atomic E-state index is -3.84. The van der Waals surface area contributed by atoms with E-state index in [2.05, 4.69) is 10.0 Å². The lowest BCUT2D eigenvalue weighted by Gasteiger charge is -2.22. The van der Waals surface area contributed by atoms with Crippen LogP contribution in [0.2, 0.25) is 5.02 Å². The summed E-state index contributed by atoms with van der Waals surface area (Å²) in [5, 5.41) is 2.88. The summed E-state index contributed by atoms with van der Waals surface area (Å²) >= 11 is 6.33. The highest BCUT2D eigenvalue weighted by atomic mass is 35.5. The van der Waals surface area contributed by atoms with Crippen LogP contribution in [0.15, 0.2) is 71.6 Å². The summed E-state index contributed by atoms with van der Waals surface area (Å²) in [5.74, 6) is -0.562. The van der Waals surface area contributed by atoms with Crippen molar-refractivity contribution in [3.63, 3.8) is 0 Å². The lowest BCUT2D eigenvalue weighted by Crippen LogP contribution is -2.32. The average molecular weight is 526 g/mol. The van der Waals surface area contributed by atoms with Crippen LogP contribution in [-0.4, -0.2) is 38.2 Å². The van der Waals surface area contributed by atoms with Gasteiger partial charge in [0.05, 0.1) is 26.9 Å². The van der Waals surface area contributed by atoms with Crippen molar-refractivity contribution in [3.8, 4) is 0 Å². The Balaban J connectivity index is 1.50. The summed E-state index contributed by atoms with van der Waals surface area (Å²) in [6.07, 6.45) is 4.16. The van der Waals surface area contributed by atoms with Crippen LogP contribution in [0.4, 0.5) is 11.4 Å². The Bertz CT molecular complexity index is 1370. The molecule has 7 nitrogen and oxygen atoms in total. The molecule has 3 aromatic rings. The van der Waals surface area contributed by atoms with Gasteiger partial charge in [-0.15, -0.1) is 0 Å². The smallest absolute Gasteiger partial charge is 0.261 e. The van der Waals surface area contributed by atoms with Crippen LogP contribution >= 0.6 is 11.6 Å². The van der Waals surface area contributed by atoms with E-state index >= 15 is 0 Å². The lowest BCUT2D eigenvalue weighted by molar-refractivity contribution is 0.0762. The van der Waals surface area contributed by atoms with Crippen molar-refractivity contribution in [3.05, 3.63) is 88.4 Å². The number of nitrogens with one attached hydrogen (secondary N) is 2. The van der Waals surface area contributed by atoms with Gasteiger partial charge in [0.2, 0.25) is 0 Å². The number of sulfonamides is 1. The number of benzene rings is 3. The third kappa shape index (κ3) is 6.06. The fraction of sp³-hybridized carbons (Fsp3) is 0.259. The van der Waals surface area contributed by atoms with E-state index in [9.17, 15) is 18.0 Å². The van der Waals surface area contributed by atoms with Crippen LogP contribution in [-0.2, 0) is 10.0 Å². The van der Waals surface area contributed by atoms with Crippen molar-refractivity contribution < 1.29 is 18.0 Å². The number of carbonyl (C=O) groups is 2. The van der Waals surface area contributed by atoms with Crippen LogP contribution in [0.3, 0.4) is 0 Å². The molecule has 0 aliphatic carbocycles. The second-order valence-electron chi connectivity index (χ2n) is 8.82. The van der Waals surface area contributed by atoms with E-state index in [-0.39, 0.29) is 27.1 Å². The first-order valence-corrected chi connectivity index (χ1v) is 13.7. The topological polar surface area (TPSA) is 95.6 Å². The first-order chi connectivity index (χ1) is 17.2. The van der Waals surface area contributed by atoms with Crippen LogP contribution in [0.1, 0.15) is 52.0 Å². The molecule has 1 aliphatic heterocycles. The van der Waals surface area contributed by atoms with Gasteiger partial charge >= 0.3 is 0 Å². The summed E-state index contributed by atoms with van der Waals surface area (Å²) in [7, 11) is -3.84. The Morgan fingerprint density at radius 3 is 2.19 bits per heavy atom. The van der Waals surface area contributed by atoms with Crippen molar-refractivity contribution in [1.82, 2.24) is 4.90 Å². The third-order valence-electron chi connectivity index (χ3n) is 6.11. The second-order valence-corrected chi connectivity index (χ2v) is 10.9. The molecule has 0 saturated carbocycles. The molecule has 0 atom stereocenters. The molecule has 1 aliphatic rings. The monoisotopic (exact) mass is 525 g/mol. The molecule has 0 spiro atoms. The van der Waals surface area contributed by atoms with E-state index in [4.69, 9.17) is 11.6 Å². The molecular weight excluding hydrogens is 498 g/mol. The maximum absolute atomic E-state index is 13.1. The predicted molar refractivity (Wildman–Crippen MR) is 142 cm³/mol. The van der Waals surface area contributed by atoms with Gasteiger partial charge in [0.1, 0.15) is 0 Å². The molecule has 0 unspecified atom stereocenters. The fourth-order valence-electron chi connectivity index (χ4n) is 4.08. The lowest BCUT2D eigenvalue weighted by atomic mass is 10.1. The minimum Gasteiger partial charge on any atom is -0.339 e. The number of para-hydroxylation sites is 1. The fourth-order valence-corrected chi connectivity index (χ4v) is 5.44. The highest BCUT2D eigenvalue weighted by molar-refractivity contribution is 7.92. The number of nitrogens with zero attached hydrogens (tertiary/aromatic N) is 1. The standard InChI is InChI=1S/C27H28ClN3O4S/c1-19-10-13-21(14-11-19)36(34,35)30-25-15-12-20(18-23(25)28)26(32)29-24-9-5-4-8-22(24)27(33)31-16-6-2-3-7-17-31/h4-5,8-15,18,30H,2-3,6-7,16-17H2,1H3,(H,29,32). The summed E-state index contributed by atoms with van der Waals surface area (Å²) in [5.41, 5.74) is 2.18. The van der Waals surface area contributed by atoms with Crippen LogP contribution in [0.25, 0.3) is 0 Å². The van der Waals surface area contributed by atoms with Gasteiger partial charge in [0, 0.05) is 18.7 Å². The molecule has 3 aromatic carbocycles. The SMILES string of the molecule is Cc1ccc(S(=O)(=O)Nc2ccc(C(=O)Nc3ccccc3C(=O)N3CCCCCC3)cc2Cl)cc1. The Labute approximate surface area is 216 Å². The summed E-state index contributed by atoms with van der Waals surface area (Å²) in [4.78, 5) is 28.1. The Kier molecular flexibility index (Phi) is 7.96. The van der Waals surface area contributed by atoms with E-state index < -0.39 is 15.9 Å². The van der Waals surface area contributed by atoms with Gasteiger partial charge in [-0.3, -0.25) is 14.3 Å². The second kappa shape index (κ2) is 11.1. The number of rotatable bonds is 6. The zero-order chi connectivity index (χ0) is 25.7. The summed E-state index contributed by atoms with van der Waals surface area (Å²) in [6, 6.07) is 17.7. The van der Waals surface area contributed by atoms with Gasteiger partial charge in [-0.25, -0.2) is 8.42 Å². The molecule has 0 bridgehead atoms. The molecule has 9 heteroatoms. The van der Waals surface area contributed by atoms with Gasteiger partial charge in [-0.2, -0.15) is 0 Å². The van der Waals surface area contributed by atoms with Crippen molar-refractivity contribution in [2.24, 2.45) is 0 Å². The number of halogens is 1. The van der Waals surface area contributed by atoms with E-state index in [0.29, 0.717) is 24.3 Å². The highest BCUT2D eigenvalue weighted by Crippen LogP contribution is 2.27. The summed E-state index contributed by atoms with van der Waals surface area (Å²) < 4.78 is 27.8. The molecule has 1 saturated heterocycles. The largest absolute Gasteiger partial charge is 0.339 e. The molecule has 2 N–H and O–H groups in total. The molecule has 36 heavy (non-hydrogen) atoms. The first-order valence-electron chi connectivity index (χ1n) is 11.8. The molecule has 1 heterocycles. The Morgan fingerprint density at radius 2 is 1.53 bits per heavy atom. The normalized spacial score (nSPS) is 14.1. The molecule has 0 radical (unpaired) electrons. The highest BCUT2D eigenvalue weighted by Gasteiger charge is 2.22. The van der Waals surface area contributed by atoms with E-state index in [0.717, 1.165) is 31.2 Å². The molecule has 2 amide bonds. The van der Waals surface area contributed by atoms with Gasteiger partial charge in [-0.1, -0.05) is 54.3 Å². The van der Waals surface area contributed by atoms with Crippen LogP contribution in [0.5, 0.6) is 0 Å². The van der Waals surface area contributed by atoms with Crippen LogP contribution in [0, 0.1) is 6.92 Å². The van der Waals surface area contributed by atoms with Crippen molar-refractivity contribution in [2.45, 2.75) is 37.5 Å². The number of carbonyl (C=O) groups excluding carboxylic acids is 2. The van der Waals surface area contributed by atoms with Gasteiger partial charge < -0.3 is 10.2 Å². The number of hydrogen-bond acceptors (Lipinski definition) is 4. The van der Waals surface area contributed by atoms with Crippen molar-refractivity contribution in [1.29, 1.82) is 0 Å². The number of amides is 2. The molecule has 188 valence electrons. The third-order valence-corrected chi connectivity index (χ3v) is 7.80. The van der Waals surface area contributed by atoms with Gasteiger partial charge in [0.25, 0.3) is 21.8 Å². The Hall–Kier alpha value is -3.36. The van der Waals surface area contributed by atoms with Crippen molar-refractivity contribution >= 4 is 44.8 Å². The average Bonchev–Trinajstić information content (AvgIpc) is 3.15. The molecule has 1 fully saturated rings. The van der Waals surface area contributed by atoms with Crippen molar-refractivity contribution in [2.75, 3.05) is 23.1 Å². The van der Waals surface area contributed by atoms with E-state index in [1.807, 2.05) is 11.8 Å². The minimum absolute atomic E-state index is 0.0762.